The maximum absolute atomic E-state index is 12.0. The summed E-state index contributed by atoms with van der Waals surface area (Å²) in [6.45, 7) is 0. The topological polar surface area (TPSA) is 125 Å². The van der Waals surface area contributed by atoms with Gasteiger partial charge in [0.05, 0.1) is 12.0 Å². The smallest absolute Gasteiger partial charge is 0.315 e. The summed E-state index contributed by atoms with van der Waals surface area (Å²) < 4.78 is 0. The standard InChI is InChI=1S/C13H19N3O5/c17-9-4-3-8(11(20)15-9)14-12(21)16-13(7-10(18)19)5-1-2-6-13/h8H,1-7H2,(H,18,19)(H2,14,16,21)(H,15,17,20). The summed E-state index contributed by atoms with van der Waals surface area (Å²) in [7, 11) is 0. The van der Waals surface area contributed by atoms with Gasteiger partial charge >= 0.3 is 12.0 Å². The highest BCUT2D eigenvalue weighted by atomic mass is 16.4. The van der Waals surface area contributed by atoms with Gasteiger partial charge in [0.15, 0.2) is 0 Å². The molecule has 1 aliphatic carbocycles. The van der Waals surface area contributed by atoms with Crippen molar-refractivity contribution < 1.29 is 24.3 Å². The third-order valence-electron chi connectivity index (χ3n) is 3.97. The molecule has 1 heterocycles. The molecule has 1 unspecified atom stereocenters. The monoisotopic (exact) mass is 297 g/mol. The number of hydrogen-bond donors (Lipinski definition) is 4. The van der Waals surface area contributed by atoms with Crippen LogP contribution in [-0.2, 0) is 14.4 Å². The van der Waals surface area contributed by atoms with Crippen LogP contribution in [0.5, 0.6) is 0 Å². The molecule has 1 saturated carbocycles. The van der Waals surface area contributed by atoms with E-state index in [9.17, 15) is 19.2 Å². The highest BCUT2D eigenvalue weighted by Gasteiger charge is 2.38. The first-order valence-electron chi connectivity index (χ1n) is 7.04. The number of carbonyl (C=O) groups is 4. The van der Waals surface area contributed by atoms with Gasteiger partial charge in [-0.25, -0.2) is 4.79 Å². The van der Waals surface area contributed by atoms with Crippen molar-refractivity contribution in [1.82, 2.24) is 16.0 Å². The lowest BCUT2D eigenvalue weighted by Crippen LogP contribution is -2.58. The number of nitrogens with one attached hydrogen (secondary N) is 3. The molecule has 2 rings (SSSR count). The Kier molecular flexibility index (Phi) is 4.44. The summed E-state index contributed by atoms with van der Waals surface area (Å²) in [5, 5.41) is 16.3. The first-order chi connectivity index (χ1) is 9.90. The van der Waals surface area contributed by atoms with Crippen LogP contribution in [0.25, 0.3) is 0 Å². The van der Waals surface area contributed by atoms with Crippen LogP contribution in [0, 0.1) is 0 Å². The maximum Gasteiger partial charge on any atom is 0.315 e. The van der Waals surface area contributed by atoms with Crippen LogP contribution in [0.2, 0.25) is 0 Å². The largest absolute Gasteiger partial charge is 0.481 e. The maximum atomic E-state index is 12.0. The van der Waals surface area contributed by atoms with E-state index in [0.29, 0.717) is 12.8 Å². The van der Waals surface area contributed by atoms with E-state index in [2.05, 4.69) is 16.0 Å². The summed E-state index contributed by atoms with van der Waals surface area (Å²) in [4.78, 5) is 45.5. The molecular weight excluding hydrogens is 278 g/mol. The van der Waals surface area contributed by atoms with E-state index < -0.39 is 29.5 Å². The Balaban J connectivity index is 1.92. The zero-order valence-electron chi connectivity index (χ0n) is 11.6. The molecule has 0 aromatic rings. The highest BCUT2D eigenvalue weighted by Crippen LogP contribution is 2.32. The van der Waals surface area contributed by atoms with Crippen molar-refractivity contribution in [1.29, 1.82) is 0 Å². The van der Waals surface area contributed by atoms with Crippen LogP contribution >= 0.6 is 0 Å². The Morgan fingerprint density at radius 1 is 1.29 bits per heavy atom. The molecule has 4 N–H and O–H groups in total. The number of imide groups is 1. The SMILES string of the molecule is O=C(O)CC1(NC(=O)NC2CCC(=O)NC2=O)CCCC1. The minimum absolute atomic E-state index is 0.129. The molecule has 0 aromatic carbocycles. The Hall–Kier alpha value is -2.12. The van der Waals surface area contributed by atoms with Crippen molar-refractivity contribution in [3.05, 3.63) is 0 Å². The number of carboxylic acids is 1. The minimum atomic E-state index is -0.960. The summed E-state index contributed by atoms with van der Waals surface area (Å²) in [6.07, 6.45) is 3.26. The van der Waals surface area contributed by atoms with Gasteiger partial charge in [0.1, 0.15) is 6.04 Å². The van der Waals surface area contributed by atoms with Crippen molar-refractivity contribution in [2.45, 2.75) is 56.5 Å². The van der Waals surface area contributed by atoms with Gasteiger partial charge in [-0.1, -0.05) is 12.8 Å². The van der Waals surface area contributed by atoms with Crippen molar-refractivity contribution in [3.8, 4) is 0 Å². The Morgan fingerprint density at radius 3 is 2.52 bits per heavy atom. The lowest BCUT2D eigenvalue weighted by atomic mass is 9.93. The van der Waals surface area contributed by atoms with Gasteiger partial charge < -0.3 is 15.7 Å². The molecule has 0 aromatic heterocycles. The Labute approximate surface area is 121 Å². The van der Waals surface area contributed by atoms with Crippen LogP contribution in [-0.4, -0.2) is 40.5 Å². The van der Waals surface area contributed by atoms with Crippen LogP contribution in [0.1, 0.15) is 44.9 Å². The van der Waals surface area contributed by atoms with E-state index in [1.165, 1.54) is 0 Å². The lowest BCUT2D eigenvalue weighted by molar-refractivity contribution is -0.139. The van der Waals surface area contributed by atoms with Crippen molar-refractivity contribution in [2.75, 3.05) is 0 Å². The second-order valence-electron chi connectivity index (χ2n) is 5.66. The lowest BCUT2D eigenvalue weighted by Gasteiger charge is -2.30. The van der Waals surface area contributed by atoms with Gasteiger partial charge in [0.25, 0.3) is 0 Å². The highest BCUT2D eigenvalue weighted by molar-refractivity contribution is 6.01. The van der Waals surface area contributed by atoms with Gasteiger partial charge in [0.2, 0.25) is 11.8 Å². The predicted molar refractivity (Wildman–Crippen MR) is 71.3 cm³/mol. The van der Waals surface area contributed by atoms with Crippen LogP contribution in [0.4, 0.5) is 4.79 Å². The summed E-state index contributed by atoms with van der Waals surface area (Å²) in [5.74, 6) is -1.84. The summed E-state index contributed by atoms with van der Waals surface area (Å²) >= 11 is 0. The molecule has 0 bridgehead atoms. The van der Waals surface area contributed by atoms with Gasteiger partial charge in [-0.15, -0.1) is 0 Å². The predicted octanol–water partition coefficient (Wildman–Crippen LogP) is -0.122. The molecule has 8 heteroatoms. The number of hydrogen-bond acceptors (Lipinski definition) is 4. The fourth-order valence-corrected chi connectivity index (χ4v) is 2.95. The van der Waals surface area contributed by atoms with Crippen LogP contribution in [0.15, 0.2) is 0 Å². The zero-order chi connectivity index (χ0) is 15.5. The molecule has 0 spiro atoms. The molecule has 2 fully saturated rings. The molecular formula is C13H19N3O5. The Morgan fingerprint density at radius 2 is 1.95 bits per heavy atom. The van der Waals surface area contributed by atoms with E-state index in [-0.39, 0.29) is 25.2 Å². The summed E-state index contributed by atoms with van der Waals surface area (Å²) in [5.41, 5.74) is -0.739. The van der Waals surface area contributed by atoms with Crippen LogP contribution < -0.4 is 16.0 Å². The molecule has 8 nitrogen and oxygen atoms in total. The molecule has 1 aliphatic heterocycles. The normalized spacial score (nSPS) is 24.3. The molecule has 4 amide bonds. The van der Waals surface area contributed by atoms with Crippen molar-refractivity contribution in [2.24, 2.45) is 0 Å². The average molecular weight is 297 g/mol. The first-order valence-corrected chi connectivity index (χ1v) is 7.04. The third kappa shape index (κ3) is 3.93. The number of amides is 4. The van der Waals surface area contributed by atoms with Gasteiger partial charge in [-0.3, -0.25) is 19.7 Å². The number of aliphatic carboxylic acids is 1. The molecule has 1 atom stereocenters. The van der Waals surface area contributed by atoms with E-state index in [4.69, 9.17) is 5.11 Å². The van der Waals surface area contributed by atoms with Gasteiger partial charge in [0, 0.05) is 6.42 Å². The minimum Gasteiger partial charge on any atom is -0.481 e. The first kappa shape index (κ1) is 15.3. The van der Waals surface area contributed by atoms with Gasteiger partial charge in [-0.2, -0.15) is 0 Å². The number of piperidine rings is 1. The number of carbonyl (C=O) groups excluding carboxylic acids is 3. The van der Waals surface area contributed by atoms with E-state index in [1.54, 1.807) is 0 Å². The number of carboxylic acid groups (broad SMARTS) is 1. The fourth-order valence-electron chi connectivity index (χ4n) is 2.95. The quantitative estimate of drug-likeness (QED) is 0.538. The average Bonchev–Trinajstić information content (AvgIpc) is 2.80. The van der Waals surface area contributed by atoms with E-state index in [0.717, 1.165) is 12.8 Å². The molecule has 2 aliphatic rings. The Bertz CT molecular complexity index is 470. The van der Waals surface area contributed by atoms with Crippen molar-refractivity contribution >= 4 is 23.8 Å². The molecule has 1 saturated heterocycles. The second kappa shape index (κ2) is 6.11. The zero-order valence-corrected chi connectivity index (χ0v) is 11.6. The van der Waals surface area contributed by atoms with E-state index >= 15 is 0 Å². The van der Waals surface area contributed by atoms with Crippen LogP contribution in [0.3, 0.4) is 0 Å². The second-order valence-corrected chi connectivity index (χ2v) is 5.66. The van der Waals surface area contributed by atoms with E-state index in [1.807, 2.05) is 0 Å². The third-order valence-corrected chi connectivity index (χ3v) is 3.97. The number of rotatable bonds is 4. The number of urea groups is 1. The molecule has 21 heavy (non-hydrogen) atoms. The van der Waals surface area contributed by atoms with Crippen molar-refractivity contribution in [3.63, 3.8) is 0 Å². The summed E-state index contributed by atoms with van der Waals surface area (Å²) in [6, 6.07) is -1.32. The molecule has 116 valence electrons. The fraction of sp³-hybridized carbons (Fsp3) is 0.692. The van der Waals surface area contributed by atoms with Gasteiger partial charge in [-0.05, 0) is 19.3 Å². The molecule has 0 radical (unpaired) electrons.